The van der Waals surface area contributed by atoms with Crippen molar-refractivity contribution in [3.63, 3.8) is 0 Å². The first kappa shape index (κ1) is 15.3. The van der Waals surface area contributed by atoms with E-state index in [1.807, 2.05) is 30.3 Å². The summed E-state index contributed by atoms with van der Waals surface area (Å²) in [6.07, 6.45) is 0. The van der Waals surface area contributed by atoms with Gasteiger partial charge in [0.25, 0.3) is 0 Å². The molecule has 0 aliphatic carbocycles. The summed E-state index contributed by atoms with van der Waals surface area (Å²) in [4.78, 5) is 0. The maximum Gasteiger partial charge on any atom is 0.233 e. The molecule has 0 radical (unpaired) electrons. The fraction of sp³-hybridized carbons (Fsp3) is 0.200. The maximum absolute atomic E-state index is 13.6. The summed E-state index contributed by atoms with van der Waals surface area (Å²) in [5, 5.41) is 9.11. The molecule has 0 aromatic heterocycles. The second-order valence-corrected chi connectivity index (χ2v) is 6.63. The van der Waals surface area contributed by atoms with Crippen molar-refractivity contribution in [2.24, 2.45) is 0 Å². The average Bonchev–Trinajstić information content (AvgIpc) is 2.42. The van der Waals surface area contributed by atoms with Gasteiger partial charge in [0, 0.05) is 6.07 Å². The van der Waals surface area contributed by atoms with Gasteiger partial charge in [0.05, 0.1) is 11.4 Å². The SMILES string of the molecule is CC(CS(=O)(=O)Nc1ccc(O)cc1F)c1ccccc1. The summed E-state index contributed by atoms with van der Waals surface area (Å²) in [6, 6.07) is 12.5. The molecule has 2 aromatic rings. The molecule has 0 aliphatic rings. The van der Waals surface area contributed by atoms with Gasteiger partial charge in [0.1, 0.15) is 5.75 Å². The van der Waals surface area contributed by atoms with Crippen LogP contribution >= 0.6 is 0 Å². The van der Waals surface area contributed by atoms with Crippen LogP contribution in [-0.2, 0) is 10.0 Å². The van der Waals surface area contributed by atoms with E-state index in [0.29, 0.717) is 0 Å². The fourth-order valence-corrected chi connectivity index (χ4v) is 3.44. The fourth-order valence-electron chi connectivity index (χ4n) is 2.00. The van der Waals surface area contributed by atoms with Gasteiger partial charge < -0.3 is 5.11 Å². The summed E-state index contributed by atoms with van der Waals surface area (Å²) in [5.74, 6) is -1.44. The normalized spacial score (nSPS) is 12.9. The number of hydrogen-bond acceptors (Lipinski definition) is 3. The van der Waals surface area contributed by atoms with Crippen LogP contribution in [0.3, 0.4) is 0 Å². The Kier molecular flexibility index (Phi) is 4.47. The molecule has 0 fully saturated rings. The lowest BCUT2D eigenvalue weighted by Gasteiger charge is -2.14. The predicted octanol–water partition coefficient (Wildman–Crippen LogP) is 3.08. The number of halogens is 1. The van der Waals surface area contributed by atoms with Crippen molar-refractivity contribution in [1.82, 2.24) is 0 Å². The first-order valence-electron chi connectivity index (χ1n) is 6.41. The van der Waals surface area contributed by atoms with E-state index in [9.17, 15) is 12.8 Å². The van der Waals surface area contributed by atoms with Gasteiger partial charge in [-0.1, -0.05) is 37.3 Å². The van der Waals surface area contributed by atoms with Crippen LogP contribution in [-0.4, -0.2) is 19.3 Å². The summed E-state index contributed by atoms with van der Waals surface area (Å²) >= 11 is 0. The highest BCUT2D eigenvalue weighted by molar-refractivity contribution is 7.92. The molecule has 21 heavy (non-hydrogen) atoms. The van der Waals surface area contributed by atoms with Gasteiger partial charge in [-0.25, -0.2) is 12.8 Å². The molecule has 112 valence electrons. The Morgan fingerprint density at radius 2 is 1.86 bits per heavy atom. The number of aromatic hydroxyl groups is 1. The van der Waals surface area contributed by atoms with Crippen LogP contribution in [0.2, 0.25) is 0 Å². The molecule has 0 heterocycles. The summed E-state index contributed by atoms with van der Waals surface area (Å²) in [5.41, 5.74) is 0.724. The zero-order valence-corrected chi connectivity index (χ0v) is 12.3. The van der Waals surface area contributed by atoms with Crippen molar-refractivity contribution < 1.29 is 17.9 Å². The van der Waals surface area contributed by atoms with Gasteiger partial charge in [-0.05, 0) is 23.6 Å². The second kappa shape index (κ2) is 6.13. The zero-order chi connectivity index (χ0) is 15.5. The number of phenols is 1. The molecule has 2 rings (SSSR count). The van der Waals surface area contributed by atoms with Crippen molar-refractivity contribution in [3.05, 3.63) is 59.9 Å². The molecule has 2 aromatic carbocycles. The number of nitrogens with one attached hydrogen (secondary N) is 1. The molecule has 0 bridgehead atoms. The van der Waals surface area contributed by atoms with Crippen LogP contribution in [0.1, 0.15) is 18.4 Å². The van der Waals surface area contributed by atoms with Crippen LogP contribution in [0.5, 0.6) is 5.75 Å². The molecule has 0 spiro atoms. The Morgan fingerprint density at radius 1 is 1.19 bits per heavy atom. The Morgan fingerprint density at radius 3 is 2.48 bits per heavy atom. The van der Waals surface area contributed by atoms with Gasteiger partial charge in [0.2, 0.25) is 10.0 Å². The lowest BCUT2D eigenvalue weighted by molar-refractivity contribution is 0.469. The summed E-state index contributed by atoms with van der Waals surface area (Å²) in [6.45, 7) is 1.79. The quantitative estimate of drug-likeness (QED) is 0.834. The maximum atomic E-state index is 13.6. The lowest BCUT2D eigenvalue weighted by Crippen LogP contribution is -2.21. The van der Waals surface area contributed by atoms with Gasteiger partial charge in [-0.15, -0.1) is 0 Å². The number of hydrogen-bond donors (Lipinski definition) is 2. The van der Waals surface area contributed by atoms with E-state index >= 15 is 0 Å². The molecule has 2 N–H and O–H groups in total. The number of sulfonamides is 1. The van der Waals surface area contributed by atoms with E-state index in [-0.39, 0.29) is 23.1 Å². The molecular weight excluding hydrogens is 293 g/mol. The van der Waals surface area contributed by atoms with E-state index in [1.54, 1.807) is 6.92 Å². The van der Waals surface area contributed by atoms with E-state index in [2.05, 4.69) is 4.72 Å². The number of anilines is 1. The second-order valence-electron chi connectivity index (χ2n) is 4.86. The Balaban J connectivity index is 2.12. The predicted molar refractivity (Wildman–Crippen MR) is 80.3 cm³/mol. The van der Waals surface area contributed by atoms with Gasteiger partial charge in [-0.2, -0.15) is 0 Å². The third-order valence-corrected chi connectivity index (χ3v) is 4.53. The summed E-state index contributed by atoms with van der Waals surface area (Å²) in [7, 11) is -3.69. The highest BCUT2D eigenvalue weighted by Gasteiger charge is 2.18. The van der Waals surface area contributed by atoms with Crippen molar-refractivity contribution in [2.45, 2.75) is 12.8 Å². The van der Waals surface area contributed by atoms with Crippen molar-refractivity contribution in [3.8, 4) is 5.75 Å². The molecule has 0 saturated carbocycles. The van der Waals surface area contributed by atoms with Crippen molar-refractivity contribution >= 4 is 15.7 Å². The smallest absolute Gasteiger partial charge is 0.233 e. The van der Waals surface area contributed by atoms with E-state index in [4.69, 9.17) is 5.11 Å². The van der Waals surface area contributed by atoms with E-state index < -0.39 is 15.8 Å². The molecule has 0 amide bonds. The molecular formula is C15H16FNO3S. The van der Waals surface area contributed by atoms with Crippen LogP contribution in [0, 0.1) is 5.82 Å². The Hall–Kier alpha value is -2.08. The van der Waals surface area contributed by atoms with Gasteiger partial charge in [-0.3, -0.25) is 4.72 Å². The highest BCUT2D eigenvalue weighted by Crippen LogP contribution is 2.22. The van der Waals surface area contributed by atoms with Crippen molar-refractivity contribution in [2.75, 3.05) is 10.5 Å². The first-order valence-corrected chi connectivity index (χ1v) is 8.06. The average molecular weight is 309 g/mol. The molecule has 6 heteroatoms. The van der Waals surface area contributed by atoms with E-state index in [1.165, 1.54) is 12.1 Å². The molecule has 0 aliphatic heterocycles. The number of benzene rings is 2. The minimum atomic E-state index is -3.69. The van der Waals surface area contributed by atoms with Crippen LogP contribution in [0.15, 0.2) is 48.5 Å². The highest BCUT2D eigenvalue weighted by atomic mass is 32.2. The Bertz CT molecular complexity index is 717. The minimum absolute atomic E-state index is 0.155. The van der Waals surface area contributed by atoms with E-state index in [0.717, 1.165) is 11.6 Å². The van der Waals surface area contributed by atoms with Gasteiger partial charge in [0.15, 0.2) is 5.82 Å². The number of phenolic OH excluding ortho intramolecular Hbond substituents is 1. The zero-order valence-electron chi connectivity index (χ0n) is 11.5. The lowest BCUT2D eigenvalue weighted by atomic mass is 10.0. The van der Waals surface area contributed by atoms with Crippen LogP contribution < -0.4 is 4.72 Å². The molecule has 1 unspecified atom stereocenters. The largest absolute Gasteiger partial charge is 0.508 e. The van der Waals surface area contributed by atoms with Crippen LogP contribution in [0.25, 0.3) is 0 Å². The Labute approximate surface area is 123 Å². The minimum Gasteiger partial charge on any atom is -0.508 e. The topological polar surface area (TPSA) is 66.4 Å². The van der Waals surface area contributed by atoms with Crippen molar-refractivity contribution in [1.29, 1.82) is 0 Å². The number of rotatable bonds is 5. The third kappa shape index (κ3) is 4.19. The standard InChI is InChI=1S/C15H16FNO3S/c1-11(12-5-3-2-4-6-12)10-21(19,20)17-15-8-7-13(18)9-14(15)16/h2-9,11,17-18H,10H2,1H3. The summed E-state index contributed by atoms with van der Waals surface area (Å²) < 4.78 is 39.9. The third-order valence-electron chi connectivity index (χ3n) is 3.06. The molecule has 0 saturated heterocycles. The monoisotopic (exact) mass is 309 g/mol. The molecule has 1 atom stereocenters. The van der Waals surface area contributed by atoms with Gasteiger partial charge >= 0.3 is 0 Å². The van der Waals surface area contributed by atoms with Crippen LogP contribution in [0.4, 0.5) is 10.1 Å². The molecule has 4 nitrogen and oxygen atoms in total. The first-order chi connectivity index (χ1) is 9.87.